The van der Waals surface area contributed by atoms with E-state index in [9.17, 15) is 14.7 Å². The van der Waals surface area contributed by atoms with E-state index in [1.807, 2.05) is 18.2 Å². The van der Waals surface area contributed by atoms with Gasteiger partial charge in [0.25, 0.3) is 11.8 Å². The second-order valence-electron chi connectivity index (χ2n) is 6.01. The van der Waals surface area contributed by atoms with Crippen LogP contribution in [0.15, 0.2) is 72.8 Å². The highest BCUT2D eigenvalue weighted by Crippen LogP contribution is 2.37. The van der Waals surface area contributed by atoms with Crippen LogP contribution in [-0.4, -0.2) is 16.9 Å². The summed E-state index contributed by atoms with van der Waals surface area (Å²) in [5, 5.41) is 11.2. The molecular weight excluding hydrogens is 350 g/mol. The van der Waals surface area contributed by atoms with Gasteiger partial charge < -0.3 is 5.11 Å². The van der Waals surface area contributed by atoms with Crippen LogP contribution in [0.1, 0.15) is 37.9 Å². The molecule has 26 heavy (non-hydrogen) atoms. The van der Waals surface area contributed by atoms with Crippen LogP contribution >= 0.6 is 11.6 Å². The standard InChI is InChI=1S/C21H14ClNO3/c22-14-10-11-17(19(24)13-6-2-1-3-7-13)18(12-14)23-20(25)15-8-4-5-9-16(15)21(23)26/h1-12,19,24H. The van der Waals surface area contributed by atoms with E-state index in [1.54, 1.807) is 48.5 Å². The summed E-state index contributed by atoms with van der Waals surface area (Å²) in [6, 6.07) is 20.5. The molecule has 1 aliphatic rings. The van der Waals surface area contributed by atoms with E-state index in [-0.39, 0.29) is 0 Å². The van der Waals surface area contributed by atoms with E-state index in [0.717, 1.165) is 4.90 Å². The van der Waals surface area contributed by atoms with E-state index in [1.165, 1.54) is 6.07 Å². The van der Waals surface area contributed by atoms with Gasteiger partial charge in [0.1, 0.15) is 6.10 Å². The molecule has 0 bridgehead atoms. The second-order valence-corrected chi connectivity index (χ2v) is 6.44. The lowest BCUT2D eigenvalue weighted by Gasteiger charge is -2.22. The van der Waals surface area contributed by atoms with Crippen molar-refractivity contribution in [3.05, 3.63) is 100 Å². The smallest absolute Gasteiger partial charge is 0.266 e. The van der Waals surface area contributed by atoms with Crippen LogP contribution in [0.3, 0.4) is 0 Å². The fourth-order valence-corrected chi connectivity index (χ4v) is 3.33. The number of aliphatic hydroxyl groups is 1. The Kier molecular flexibility index (Phi) is 4.07. The van der Waals surface area contributed by atoms with Crippen LogP contribution in [-0.2, 0) is 0 Å². The summed E-state index contributed by atoms with van der Waals surface area (Å²) in [6.07, 6.45) is -0.993. The number of halogens is 1. The average Bonchev–Trinajstić information content (AvgIpc) is 2.93. The summed E-state index contributed by atoms with van der Waals surface area (Å²) in [4.78, 5) is 26.7. The van der Waals surface area contributed by atoms with Crippen LogP contribution in [0, 0.1) is 0 Å². The topological polar surface area (TPSA) is 57.6 Å². The Morgan fingerprint density at radius 2 is 1.38 bits per heavy atom. The molecule has 1 heterocycles. The zero-order valence-electron chi connectivity index (χ0n) is 13.6. The predicted molar refractivity (Wildman–Crippen MR) is 99.5 cm³/mol. The van der Waals surface area contributed by atoms with Crippen molar-refractivity contribution in [2.45, 2.75) is 6.10 Å². The molecule has 4 rings (SSSR count). The molecule has 0 aromatic heterocycles. The van der Waals surface area contributed by atoms with E-state index in [4.69, 9.17) is 11.6 Å². The number of rotatable bonds is 3. The quantitative estimate of drug-likeness (QED) is 0.709. The average molecular weight is 364 g/mol. The third-order valence-corrected chi connectivity index (χ3v) is 4.67. The van der Waals surface area contributed by atoms with Crippen molar-refractivity contribution >= 4 is 29.1 Å². The van der Waals surface area contributed by atoms with Gasteiger partial charge in [0.15, 0.2) is 0 Å². The van der Waals surface area contributed by atoms with Gasteiger partial charge in [-0.05, 0) is 29.8 Å². The highest BCUT2D eigenvalue weighted by Gasteiger charge is 2.38. The van der Waals surface area contributed by atoms with Crippen LogP contribution in [0.5, 0.6) is 0 Å². The molecule has 0 saturated carbocycles. The van der Waals surface area contributed by atoms with Crippen molar-refractivity contribution in [3.8, 4) is 0 Å². The number of nitrogens with zero attached hydrogens (tertiary/aromatic N) is 1. The number of fused-ring (bicyclic) bond motifs is 1. The Balaban J connectivity index is 1.84. The largest absolute Gasteiger partial charge is 0.384 e. The van der Waals surface area contributed by atoms with Crippen LogP contribution < -0.4 is 4.90 Å². The van der Waals surface area contributed by atoms with E-state index in [2.05, 4.69) is 0 Å². The number of aliphatic hydroxyl groups excluding tert-OH is 1. The third-order valence-electron chi connectivity index (χ3n) is 4.44. The number of carbonyl (C=O) groups is 2. The van der Waals surface area contributed by atoms with Gasteiger partial charge in [0.05, 0.1) is 16.8 Å². The van der Waals surface area contributed by atoms with Crippen molar-refractivity contribution in [1.82, 2.24) is 0 Å². The molecule has 5 heteroatoms. The minimum atomic E-state index is -0.993. The van der Waals surface area contributed by atoms with Crippen LogP contribution in [0.25, 0.3) is 0 Å². The highest BCUT2D eigenvalue weighted by molar-refractivity contribution is 6.35. The molecule has 0 spiro atoms. The maximum absolute atomic E-state index is 12.8. The molecule has 128 valence electrons. The first-order valence-electron chi connectivity index (χ1n) is 8.08. The molecule has 0 saturated heterocycles. The van der Waals surface area contributed by atoms with Crippen LogP contribution in [0.2, 0.25) is 5.02 Å². The zero-order chi connectivity index (χ0) is 18.3. The maximum atomic E-state index is 12.8. The molecule has 1 unspecified atom stereocenters. The second kappa shape index (κ2) is 6.41. The first kappa shape index (κ1) is 16.5. The Morgan fingerprint density at radius 3 is 2.00 bits per heavy atom. The molecule has 1 atom stereocenters. The zero-order valence-corrected chi connectivity index (χ0v) is 14.4. The monoisotopic (exact) mass is 363 g/mol. The fourth-order valence-electron chi connectivity index (χ4n) is 3.16. The van der Waals surface area contributed by atoms with E-state index < -0.39 is 17.9 Å². The van der Waals surface area contributed by atoms with Crippen molar-refractivity contribution < 1.29 is 14.7 Å². The van der Waals surface area contributed by atoms with Gasteiger partial charge in [0, 0.05) is 10.6 Å². The Labute approximate surface area is 155 Å². The number of benzene rings is 3. The lowest BCUT2D eigenvalue weighted by atomic mass is 9.99. The molecule has 3 aromatic carbocycles. The summed E-state index contributed by atoms with van der Waals surface area (Å²) in [5.74, 6) is -0.844. The van der Waals surface area contributed by atoms with E-state index in [0.29, 0.717) is 33.0 Å². The SMILES string of the molecule is O=C1c2ccccc2C(=O)N1c1cc(Cl)ccc1C(O)c1ccccc1. The molecule has 3 aromatic rings. The normalized spacial score (nSPS) is 14.5. The molecule has 0 aliphatic carbocycles. The lowest BCUT2D eigenvalue weighted by Crippen LogP contribution is -2.30. The first-order chi connectivity index (χ1) is 12.6. The molecule has 4 nitrogen and oxygen atoms in total. The summed E-state index contributed by atoms with van der Waals surface area (Å²) >= 11 is 6.12. The van der Waals surface area contributed by atoms with Gasteiger partial charge in [-0.25, -0.2) is 4.90 Å². The third kappa shape index (κ3) is 2.60. The molecule has 2 amide bonds. The van der Waals surface area contributed by atoms with Gasteiger partial charge in [-0.1, -0.05) is 60.1 Å². The summed E-state index contributed by atoms with van der Waals surface area (Å²) < 4.78 is 0. The van der Waals surface area contributed by atoms with Crippen molar-refractivity contribution in [1.29, 1.82) is 0 Å². The minimum absolute atomic E-state index is 0.292. The number of amides is 2. The molecule has 1 N–H and O–H groups in total. The number of hydrogen-bond donors (Lipinski definition) is 1. The van der Waals surface area contributed by atoms with E-state index >= 15 is 0 Å². The maximum Gasteiger partial charge on any atom is 0.266 e. The number of hydrogen-bond acceptors (Lipinski definition) is 3. The van der Waals surface area contributed by atoms with Crippen molar-refractivity contribution in [3.63, 3.8) is 0 Å². The van der Waals surface area contributed by atoms with Gasteiger partial charge in [-0.15, -0.1) is 0 Å². The van der Waals surface area contributed by atoms with Crippen molar-refractivity contribution in [2.24, 2.45) is 0 Å². The molecule has 0 radical (unpaired) electrons. The summed E-state index contributed by atoms with van der Waals surface area (Å²) in [5.41, 5.74) is 2.08. The Morgan fingerprint density at radius 1 is 0.808 bits per heavy atom. The van der Waals surface area contributed by atoms with Gasteiger partial charge >= 0.3 is 0 Å². The first-order valence-corrected chi connectivity index (χ1v) is 8.46. The minimum Gasteiger partial charge on any atom is -0.384 e. The fraction of sp³-hybridized carbons (Fsp3) is 0.0476. The van der Waals surface area contributed by atoms with Gasteiger partial charge in [-0.3, -0.25) is 9.59 Å². The number of imide groups is 1. The predicted octanol–water partition coefficient (Wildman–Crippen LogP) is 4.22. The lowest BCUT2D eigenvalue weighted by molar-refractivity contribution is 0.0925. The Bertz CT molecular complexity index is 982. The van der Waals surface area contributed by atoms with Crippen molar-refractivity contribution in [2.75, 3.05) is 4.90 Å². The molecule has 0 fully saturated rings. The molecular formula is C21H14ClNO3. The number of carbonyl (C=O) groups excluding carboxylic acids is 2. The summed E-state index contributed by atoms with van der Waals surface area (Å²) in [7, 11) is 0. The highest BCUT2D eigenvalue weighted by atomic mass is 35.5. The van der Waals surface area contributed by atoms with Crippen LogP contribution in [0.4, 0.5) is 5.69 Å². The van der Waals surface area contributed by atoms with Gasteiger partial charge in [-0.2, -0.15) is 0 Å². The Hall–Kier alpha value is -2.95. The van der Waals surface area contributed by atoms with Gasteiger partial charge in [0.2, 0.25) is 0 Å². The number of anilines is 1. The summed E-state index contributed by atoms with van der Waals surface area (Å²) in [6.45, 7) is 0. The molecule has 1 aliphatic heterocycles.